The summed E-state index contributed by atoms with van der Waals surface area (Å²) in [5.41, 5.74) is 8.21. The molecule has 98 valence electrons. The molecule has 18 heavy (non-hydrogen) atoms. The third kappa shape index (κ3) is 2.46. The lowest BCUT2D eigenvalue weighted by Gasteiger charge is -2.36. The van der Waals surface area contributed by atoms with Crippen molar-refractivity contribution in [3.63, 3.8) is 0 Å². The zero-order valence-electron chi connectivity index (χ0n) is 10.3. The van der Waals surface area contributed by atoms with Crippen LogP contribution < -0.4 is 16.4 Å². The average Bonchev–Trinajstić information content (AvgIpc) is 2.40. The van der Waals surface area contributed by atoms with Crippen LogP contribution in [0.2, 0.25) is 0 Å². The number of nitrogens with two attached hydrogens (primary N) is 1. The molecule has 2 unspecified atom stereocenters. The zero-order valence-corrected chi connectivity index (χ0v) is 10.3. The number of hydrogen-bond donors (Lipinski definition) is 3. The van der Waals surface area contributed by atoms with E-state index in [0.29, 0.717) is 0 Å². The summed E-state index contributed by atoms with van der Waals surface area (Å²) in [7, 11) is 0. The fraction of sp³-hybridized carbons (Fsp3) is 0.583. The molecule has 1 aromatic heterocycles. The van der Waals surface area contributed by atoms with E-state index < -0.39 is 0 Å². The predicted octanol–water partition coefficient (Wildman–Crippen LogP) is -0.288. The van der Waals surface area contributed by atoms with E-state index >= 15 is 0 Å². The van der Waals surface area contributed by atoms with Gasteiger partial charge in [-0.15, -0.1) is 0 Å². The summed E-state index contributed by atoms with van der Waals surface area (Å²) in [5.74, 6) is 0. The van der Waals surface area contributed by atoms with E-state index in [-0.39, 0.29) is 12.3 Å². The number of morpholine rings is 1. The fourth-order valence-corrected chi connectivity index (χ4v) is 2.46. The van der Waals surface area contributed by atoms with Crippen molar-refractivity contribution in [2.75, 3.05) is 38.2 Å². The normalized spacial score (nSPS) is 28.5. The van der Waals surface area contributed by atoms with Crippen LogP contribution in [-0.4, -0.2) is 48.9 Å². The molecule has 1 saturated heterocycles. The van der Waals surface area contributed by atoms with Crippen molar-refractivity contribution in [2.24, 2.45) is 5.73 Å². The average molecular weight is 249 g/mol. The molecule has 6 heteroatoms. The Balaban J connectivity index is 1.66. The second kappa shape index (κ2) is 5.19. The number of nitrogens with one attached hydrogen (secondary N) is 2. The third-order valence-electron chi connectivity index (χ3n) is 3.44. The van der Waals surface area contributed by atoms with Gasteiger partial charge in [0.05, 0.1) is 25.5 Å². The minimum absolute atomic E-state index is 0.152. The van der Waals surface area contributed by atoms with E-state index in [2.05, 4.69) is 20.5 Å². The van der Waals surface area contributed by atoms with Gasteiger partial charge in [-0.25, -0.2) is 0 Å². The molecule has 0 radical (unpaired) electrons. The van der Waals surface area contributed by atoms with E-state index in [4.69, 9.17) is 10.5 Å². The second-order valence-electron chi connectivity index (χ2n) is 4.72. The standard InChI is InChI=1S/C12H19N5O/c13-12-9-7-14-2-1-10(9)15-11(16-12)8-17-3-5-18-6-4-17/h1-2,7,11-12,15-16H,3-6,8,13H2. The van der Waals surface area contributed by atoms with Crippen molar-refractivity contribution >= 4 is 5.69 Å². The lowest BCUT2D eigenvalue weighted by molar-refractivity contribution is 0.0340. The Morgan fingerprint density at radius 3 is 3.11 bits per heavy atom. The number of aromatic nitrogens is 1. The lowest BCUT2D eigenvalue weighted by atomic mass is 10.1. The number of fused-ring (bicyclic) bond motifs is 1. The van der Waals surface area contributed by atoms with Crippen LogP contribution in [0.15, 0.2) is 18.5 Å². The molecule has 2 aliphatic heterocycles. The lowest BCUT2D eigenvalue weighted by Crippen LogP contribution is -2.53. The van der Waals surface area contributed by atoms with Gasteiger partial charge in [0.15, 0.2) is 0 Å². The molecule has 0 aliphatic carbocycles. The molecule has 2 atom stereocenters. The molecule has 1 fully saturated rings. The third-order valence-corrected chi connectivity index (χ3v) is 3.44. The highest BCUT2D eigenvalue weighted by atomic mass is 16.5. The van der Waals surface area contributed by atoms with Gasteiger partial charge in [0.25, 0.3) is 0 Å². The first-order chi connectivity index (χ1) is 8.83. The van der Waals surface area contributed by atoms with Gasteiger partial charge in [0, 0.05) is 43.3 Å². The highest BCUT2D eigenvalue weighted by Crippen LogP contribution is 2.23. The molecule has 2 aliphatic rings. The van der Waals surface area contributed by atoms with Crippen molar-refractivity contribution < 1.29 is 4.74 Å². The van der Waals surface area contributed by atoms with Crippen LogP contribution in [0.1, 0.15) is 11.7 Å². The van der Waals surface area contributed by atoms with Gasteiger partial charge in [-0.3, -0.25) is 15.2 Å². The first-order valence-electron chi connectivity index (χ1n) is 6.35. The monoisotopic (exact) mass is 249 g/mol. The van der Waals surface area contributed by atoms with Crippen LogP contribution in [-0.2, 0) is 4.74 Å². The molecule has 3 heterocycles. The number of pyridine rings is 1. The minimum atomic E-state index is -0.152. The largest absolute Gasteiger partial charge is 0.379 e. The van der Waals surface area contributed by atoms with E-state index in [9.17, 15) is 0 Å². The van der Waals surface area contributed by atoms with Crippen LogP contribution in [0.5, 0.6) is 0 Å². The number of nitrogens with zero attached hydrogens (tertiary/aromatic N) is 2. The summed E-state index contributed by atoms with van der Waals surface area (Å²) in [6.45, 7) is 4.54. The van der Waals surface area contributed by atoms with E-state index in [1.54, 1.807) is 6.20 Å². The molecule has 0 spiro atoms. The van der Waals surface area contributed by atoms with Crippen molar-refractivity contribution in [2.45, 2.75) is 12.3 Å². The number of ether oxygens (including phenoxy) is 1. The number of rotatable bonds is 2. The van der Waals surface area contributed by atoms with E-state index in [0.717, 1.165) is 44.1 Å². The van der Waals surface area contributed by atoms with Crippen molar-refractivity contribution in [3.05, 3.63) is 24.0 Å². The summed E-state index contributed by atoms with van der Waals surface area (Å²) < 4.78 is 5.35. The topological polar surface area (TPSA) is 75.4 Å². The molecule has 4 N–H and O–H groups in total. The quantitative estimate of drug-likeness (QED) is 0.669. The maximum atomic E-state index is 6.11. The van der Waals surface area contributed by atoms with Gasteiger partial charge in [-0.2, -0.15) is 0 Å². The molecule has 0 bridgehead atoms. The van der Waals surface area contributed by atoms with Crippen molar-refractivity contribution in [3.8, 4) is 0 Å². The second-order valence-corrected chi connectivity index (χ2v) is 4.72. The van der Waals surface area contributed by atoms with Gasteiger partial charge < -0.3 is 15.8 Å². The van der Waals surface area contributed by atoms with Gasteiger partial charge in [-0.05, 0) is 6.07 Å². The van der Waals surface area contributed by atoms with Gasteiger partial charge in [0.2, 0.25) is 0 Å². The maximum absolute atomic E-state index is 6.11. The smallest absolute Gasteiger partial charge is 0.0913 e. The van der Waals surface area contributed by atoms with Crippen LogP contribution in [0.3, 0.4) is 0 Å². The first-order valence-corrected chi connectivity index (χ1v) is 6.35. The molecule has 0 amide bonds. The highest BCUT2D eigenvalue weighted by molar-refractivity contribution is 5.53. The summed E-state index contributed by atoms with van der Waals surface area (Å²) in [4.78, 5) is 6.48. The highest BCUT2D eigenvalue weighted by Gasteiger charge is 2.25. The summed E-state index contributed by atoms with van der Waals surface area (Å²) in [6, 6.07) is 1.97. The van der Waals surface area contributed by atoms with Crippen LogP contribution in [0.4, 0.5) is 5.69 Å². The van der Waals surface area contributed by atoms with Crippen LogP contribution >= 0.6 is 0 Å². The Labute approximate surface area is 107 Å². The maximum Gasteiger partial charge on any atom is 0.0913 e. The SMILES string of the molecule is NC1NC(CN2CCOCC2)Nc2ccncc21. The molecule has 3 rings (SSSR count). The molecule has 0 saturated carbocycles. The summed E-state index contributed by atoms with van der Waals surface area (Å²) in [6.07, 6.45) is 3.62. The molecular weight excluding hydrogens is 230 g/mol. The molecule has 6 nitrogen and oxygen atoms in total. The minimum Gasteiger partial charge on any atom is -0.379 e. The van der Waals surface area contributed by atoms with Crippen LogP contribution in [0, 0.1) is 0 Å². The fourth-order valence-electron chi connectivity index (χ4n) is 2.46. The summed E-state index contributed by atoms with van der Waals surface area (Å²) in [5, 5.41) is 6.83. The summed E-state index contributed by atoms with van der Waals surface area (Å²) >= 11 is 0. The van der Waals surface area contributed by atoms with Gasteiger partial charge in [-0.1, -0.05) is 0 Å². The molecular formula is C12H19N5O. The van der Waals surface area contributed by atoms with Crippen LogP contribution in [0.25, 0.3) is 0 Å². The Bertz CT molecular complexity index is 407. The Hall–Kier alpha value is -1.21. The van der Waals surface area contributed by atoms with Crippen molar-refractivity contribution in [1.29, 1.82) is 0 Å². The van der Waals surface area contributed by atoms with Gasteiger partial charge in [0.1, 0.15) is 0 Å². The van der Waals surface area contributed by atoms with Gasteiger partial charge >= 0.3 is 0 Å². The Kier molecular flexibility index (Phi) is 3.42. The molecule has 0 aromatic carbocycles. The Morgan fingerprint density at radius 2 is 2.28 bits per heavy atom. The van der Waals surface area contributed by atoms with E-state index in [1.165, 1.54) is 0 Å². The number of hydrogen-bond acceptors (Lipinski definition) is 6. The van der Waals surface area contributed by atoms with E-state index in [1.807, 2.05) is 12.3 Å². The zero-order chi connectivity index (χ0) is 12.4. The number of anilines is 1. The molecule has 1 aromatic rings. The first kappa shape index (κ1) is 11.9. The van der Waals surface area contributed by atoms with Crippen molar-refractivity contribution in [1.82, 2.24) is 15.2 Å². The Morgan fingerprint density at radius 1 is 1.44 bits per heavy atom. The predicted molar refractivity (Wildman–Crippen MR) is 69.0 cm³/mol.